The van der Waals surface area contributed by atoms with Gasteiger partial charge in [0.05, 0.1) is 6.54 Å². The third kappa shape index (κ3) is 5.98. The van der Waals surface area contributed by atoms with E-state index in [-0.39, 0.29) is 0 Å². The van der Waals surface area contributed by atoms with Gasteiger partial charge in [0.2, 0.25) is 0 Å². The van der Waals surface area contributed by atoms with Crippen LogP contribution in [-0.2, 0) is 0 Å². The first-order valence-corrected chi connectivity index (χ1v) is 9.53. The molecule has 0 aliphatic carbocycles. The molecule has 2 rings (SSSR count). The van der Waals surface area contributed by atoms with Gasteiger partial charge in [0.15, 0.2) is 5.96 Å². The SMILES string of the molecule is CN=C(NCCOc1ccccc1C(C)C)NCC1CCCS1. The summed E-state index contributed by atoms with van der Waals surface area (Å²) < 4.78 is 5.92. The topological polar surface area (TPSA) is 45.7 Å². The lowest BCUT2D eigenvalue weighted by atomic mass is 10.0. The first kappa shape index (κ1) is 18.0. The zero-order valence-corrected chi connectivity index (χ0v) is 15.3. The van der Waals surface area contributed by atoms with Crippen molar-refractivity contribution in [3.63, 3.8) is 0 Å². The first-order valence-electron chi connectivity index (χ1n) is 8.48. The van der Waals surface area contributed by atoms with Gasteiger partial charge in [0.1, 0.15) is 12.4 Å². The van der Waals surface area contributed by atoms with E-state index >= 15 is 0 Å². The maximum absolute atomic E-state index is 5.92. The molecule has 1 heterocycles. The highest BCUT2D eigenvalue weighted by Crippen LogP contribution is 2.26. The van der Waals surface area contributed by atoms with Crippen LogP contribution in [0.3, 0.4) is 0 Å². The number of nitrogens with one attached hydrogen (secondary N) is 2. The van der Waals surface area contributed by atoms with Gasteiger partial charge in [0, 0.05) is 18.8 Å². The molecule has 128 valence electrons. The van der Waals surface area contributed by atoms with Crippen molar-refractivity contribution in [2.24, 2.45) is 4.99 Å². The average Bonchev–Trinajstić information content (AvgIpc) is 3.08. The molecular weight excluding hydrogens is 306 g/mol. The third-order valence-corrected chi connectivity index (χ3v) is 5.34. The van der Waals surface area contributed by atoms with Gasteiger partial charge in [-0.1, -0.05) is 32.0 Å². The van der Waals surface area contributed by atoms with E-state index in [9.17, 15) is 0 Å². The molecule has 1 aromatic rings. The van der Waals surface area contributed by atoms with Crippen LogP contribution in [0.2, 0.25) is 0 Å². The number of nitrogens with zero attached hydrogens (tertiary/aromatic N) is 1. The highest BCUT2D eigenvalue weighted by molar-refractivity contribution is 8.00. The van der Waals surface area contributed by atoms with Crippen LogP contribution in [0.25, 0.3) is 0 Å². The number of aliphatic imine (C=N–C) groups is 1. The van der Waals surface area contributed by atoms with Gasteiger partial charge in [-0.15, -0.1) is 0 Å². The predicted octanol–water partition coefficient (Wildman–Crippen LogP) is 3.25. The molecule has 1 saturated heterocycles. The van der Waals surface area contributed by atoms with Crippen LogP contribution >= 0.6 is 11.8 Å². The second-order valence-electron chi connectivity index (χ2n) is 6.06. The van der Waals surface area contributed by atoms with E-state index < -0.39 is 0 Å². The molecule has 1 unspecified atom stereocenters. The molecule has 23 heavy (non-hydrogen) atoms. The monoisotopic (exact) mass is 335 g/mol. The Morgan fingerprint density at radius 3 is 2.87 bits per heavy atom. The smallest absolute Gasteiger partial charge is 0.191 e. The Labute approximate surface area is 144 Å². The molecule has 5 heteroatoms. The molecule has 1 aliphatic rings. The second kappa shape index (κ2) is 9.71. The van der Waals surface area contributed by atoms with Crippen LogP contribution in [0.1, 0.15) is 38.2 Å². The lowest BCUT2D eigenvalue weighted by Crippen LogP contribution is -2.41. The van der Waals surface area contributed by atoms with Crippen LogP contribution < -0.4 is 15.4 Å². The van der Waals surface area contributed by atoms with Gasteiger partial charge in [-0.05, 0) is 36.1 Å². The third-order valence-electron chi connectivity index (χ3n) is 3.94. The molecule has 1 atom stereocenters. The normalized spacial score (nSPS) is 18.3. The minimum Gasteiger partial charge on any atom is -0.491 e. The molecule has 0 bridgehead atoms. The molecule has 0 amide bonds. The van der Waals surface area contributed by atoms with Crippen LogP contribution in [0.5, 0.6) is 5.75 Å². The Balaban J connectivity index is 1.69. The Morgan fingerprint density at radius 1 is 1.35 bits per heavy atom. The Bertz CT molecular complexity index is 499. The summed E-state index contributed by atoms with van der Waals surface area (Å²) in [4.78, 5) is 4.27. The van der Waals surface area contributed by atoms with Crippen LogP contribution in [0.15, 0.2) is 29.3 Å². The van der Waals surface area contributed by atoms with E-state index in [1.54, 1.807) is 0 Å². The predicted molar refractivity (Wildman–Crippen MR) is 101 cm³/mol. The standard InChI is InChI=1S/C18H29N3OS/c1-14(2)16-8-4-5-9-17(16)22-11-10-20-18(19-3)21-13-15-7-6-12-23-15/h4-5,8-9,14-15H,6-7,10-13H2,1-3H3,(H2,19,20,21). The van der Waals surface area contributed by atoms with Crippen molar-refractivity contribution < 1.29 is 4.74 Å². The second-order valence-corrected chi connectivity index (χ2v) is 7.46. The molecule has 0 radical (unpaired) electrons. The number of benzene rings is 1. The van der Waals surface area contributed by atoms with Crippen molar-refractivity contribution in [1.29, 1.82) is 0 Å². The minimum atomic E-state index is 0.470. The minimum absolute atomic E-state index is 0.470. The van der Waals surface area contributed by atoms with Crippen LogP contribution in [0.4, 0.5) is 0 Å². The van der Waals surface area contributed by atoms with Crippen molar-refractivity contribution >= 4 is 17.7 Å². The van der Waals surface area contributed by atoms with E-state index in [4.69, 9.17) is 4.74 Å². The Morgan fingerprint density at radius 2 is 2.17 bits per heavy atom. The van der Waals surface area contributed by atoms with Gasteiger partial charge >= 0.3 is 0 Å². The summed E-state index contributed by atoms with van der Waals surface area (Å²) in [6, 6.07) is 8.26. The summed E-state index contributed by atoms with van der Waals surface area (Å²) in [5.41, 5.74) is 1.26. The molecule has 0 saturated carbocycles. The fourth-order valence-corrected chi connectivity index (χ4v) is 3.86. The van der Waals surface area contributed by atoms with E-state index in [1.807, 2.05) is 19.2 Å². The summed E-state index contributed by atoms with van der Waals surface area (Å²) in [5.74, 6) is 3.60. The van der Waals surface area contributed by atoms with Crippen LogP contribution in [-0.4, -0.2) is 43.7 Å². The van der Waals surface area contributed by atoms with Gasteiger partial charge in [-0.25, -0.2) is 0 Å². The maximum Gasteiger partial charge on any atom is 0.191 e. The van der Waals surface area contributed by atoms with Gasteiger partial charge in [-0.2, -0.15) is 11.8 Å². The Hall–Kier alpha value is -1.36. The van der Waals surface area contributed by atoms with Crippen molar-refractivity contribution in [2.75, 3.05) is 32.5 Å². The van der Waals surface area contributed by atoms with E-state index in [0.717, 1.165) is 30.0 Å². The number of hydrogen-bond acceptors (Lipinski definition) is 3. The van der Waals surface area contributed by atoms with Crippen LogP contribution in [0, 0.1) is 0 Å². The first-order chi connectivity index (χ1) is 11.2. The van der Waals surface area contributed by atoms with Gasteiger partial charge in [-0.3, -0.25) is 4.99 Å². The van der Waals surface area contributed by atoms with Crippen molar-refractivity contribution in [3.8, 4) is 5.75 Å². The summed E-state index contributed by atoms with van der Waals surface area (Å²) in [6.07, 6.45) is 2.65. The highest BCUT2D eigenvalue weighted by atomic mass is 32.2. The zero-order chi connectivity index (χ0) is 16.5. The van der Waals surface area contributed by atoms with Gasteiger partial charge in [0.25, 0.3) is 0 Å². The van der Waals surface area contributed by atoms with E-state index in [2.05, 4.69) is 53.4 Å². The van der Waals surface area contributed by atoms with Crippen molar-refractivity contribution in [1.82, 2.24) is 10.6 Å². The number of thioether (sulfide) groups is 1. The fourth-order valence-electron chi connectivity index (χ4n) is 2.66. The van der Waals surface area contributed by atoms with Crippen molar-refractivity contribution in [3.05, 3.63) is 29.8 Å². The molecule has 1 fully saturated rings. The van der Waals surface area contributed by atoms with E-state index in [1.165, 1.54) is 24.2 Å². The molecule has 2 N–H and O–H groups in total. The van der Waals surface area contributed by atoms with Gasteiger partial charge < -0.3 is 15.4 Å². The number of para-hydroxylation sites is 1. The molecule has 0 aromatic heterocycles. The molecule has 1 aliphatic heterocycles. The maximum atomic E-state index is 5.92. The summed E-state index contributed by atoms with van der Waals surface area (Å²) in [7, 11) is 1.81. The molecule has 1 aromatic carbocycles. The largest absolute Gasteiger partial charge is 0.491 e. The summed E-state index contributed by atoms with van der Waals surface area (Å²) in [5, 5.41) is 7.44. The van der Waals surface area contributed by atoms with E-state index in [0.29, 0.717) is 12.5 Å². The average molecular weight is 336 g/mol. The lowest BCUT2D eigenvalue weighted by molar-refractivity contribution is 0.317. The summed E-state index contributed by atoms with van der Waals surface area (Å²) in [6.45, 7) is 6.73. The fraction of sp³-hybridized carbons (Fsp3) is 0.611. The Kier molecular flexibility index (Phi) is 7.59. The lowest BCUT2D eigenvalue weighted by Gasteiger charge is -2.16. The quantitative estimate of drug-likeness (QED) is 0.456. The number of guanidine groups is 1. The van der Waals surface area contributed by atoms with Crippen molar-refractivity contribution in [2.45, 2.75) is 37.9 Å². The number of hydrogen-bond donors (Lipinski definition) is 2. The molecular formula is C18H29N3OS. The molecule has 4 nitrogen and oxygen atoms in total. The summed E-state index contributed by atoms with van der Waals surface area (Å²) >= 11 is 2.05. The number of rotatable bonds is 7. The highest BCUT2D eigenvalue weighted by Gasteiger charge is 2.15. The number of ether oxygens (including phenoxy) is 1. The zero-order valence-electron chi connectivity index (χ0n) is 14.5. The molecule has 0 spiro atoms.